The van der Waals surface area contributed by atoms with Gasteiger partial charge in [-0.2, -0.15) is 0 Å². The second-order valence-electron chi connectivity index (χ2n) is 14.5. The van der Waals surface area contributed by atoms with Crippen molar-refractivity contribution in [2.45, 2.75) is 81.1 Å². The first kappa shape index (κ1) is 36.2. The van der Waals surface area contributed by atoms with Crippen LogP contribution in [-0.4, -0.2) is 26.2 Å². The summed E-state index contributed by atoms with van der Waals surface area (Å²) in [7, 11) is 0. The fourth-order valence-corrected chi connectivity index (χ4v) is 5.52. The van der Waals surface area contributed by atoms with E-state index in [0.29, 0.717) is 10.8 Å². The van der Waals surface area contributed by atoms with E-state index in [-0.39, 0.29) is 5.70 Å². The molecule has 0 N–H and O–H groups in total. The van der Waals surface area contributed by atoms with Crippen LogP contribution in [0.5, 0.6) is 0 Å². The molecule has 0 amide bonds. The largest absolute Gasteiger partial charge is 0.372 e. The van der Waals surface area contributed by atoms with Gasteiger partial charge in [0.15, 0.2) is 0 Å². The van der Waals surface area contributed by atoms with Gasteiger partial charge in [-0.1, -0.05) is 102 Å². The molecule has 242 valence electrons. The van der Waals surface area contributed by atoms with Crippen molar-refractivity contribution in [1.29, 1.82) is 5.26 Å². The molecule has 0 spiro atoms. The third-order valence-corrected chi connectivity index (χ3v) is 8.48. The molecule has 0 aliphatic heterocycles. The molecule has 0 heterocycles. The van der Waals surface area contributed by atoms with Gasteiger partial charge in [0.1, 0.15) is 0 Å². The average molecular weight is 615 g/mol. The van der Waals surface area contributed by atoms with Crippen molar-refractivity contribution in [3.63, 3.8) is 0 Å². The van der Waals surface area contributed by atoms with Gasteiger partial charge in [-0.3, -0.25) is 0 Å². The van der Waals surface area contributed by atoms with E-state index in [1.807, 2.05) is 12.2 Å². The lowest BCUT2D eigenvalue weighted by molar-refractivity contribution is 0.379. The normalized spacial score (nSPS) is 15.6. The van der Waals surface area contributed by atoms with Crippen LogP contribution in [0.4, 0.5) is 11.4 Å². The Morgan fingerprint density at radius 1 is 0.739 bits per heavy atom. The molecule has 4 heteroatoms. The van der Waals surface area contributed by atoms with Crippen LogP contribution >= 0.6 is 0 Å². The number of rotatable bonds is 12. The van der Waals surface area contributed by atoms with Crippen LogP contribution in [0.25, 0.3) is 17.0 Å². The summed E-state index contributed by atoms with van der Waals surface area (Å²) in [6, 6.07) is 19.5. The predicted molar refractivity (Wildman–Crippen MR) is 200 cm³/mol. The molecule has 1 aliphatic rings. The monoisotopic (exact) mass is 614 g/mol. The van der Waals surface area contributed by atoms with E-state index in [2.05, 4.69) is 149 Å². The van der Waals surface area contributed by atoms with Crippen LogP contribution in [0.2, 0.25) is 0 Å². The Balaban J connectivity index is 1.72. The maximum absolute atomic E-state index is 9.76. The molecule has 1 fully saturated rings. The predicted octanol–water partition coefficient (Wildman–Crippen LogP) is 11.3. The Kier molecular flexibility index (Phi) is 13.3. The zero-order chi connectivity index (χ0) is 33.7. The Bertz CT molecular complexity index is 1400. The van der Waals surface area contributed by atoms with Crippen molar-refractivity contribution in [3.05, 3.63) is 118 Å². The number of hydrogen-bond acceptors (Lipinski definition) is 3. The lowest BCUT2D eigenvalue weighted by atomic mass is 9.92. The third-order valence-electron chi connectivity index (χ3n) is 8.48. The maximum Gasteiger partial charge on any atom is 0.269 e. The molecule has 2 aromatic carbocycles. The fraction of sp³-hybridized carbons (Fsp3) is 0.429. The van der Waals surface area contributed by atoms with Crippen LogP contribution in [0.1, 0.15) is 92.2 Å². The zero-order valence-corrected chi connectivity index (χ0v) is 29.5. The summed E-state index contributed by atoms with van der Waals surface area (Å²) >= 11 is 0. The first-order valence-electron chi connectivity index (χ1n) is 16.8. The van der Waals surface area contributed by atoms with Crippen LogP contribution in [0.15, 0.2) is 95.3 Å². The van der Waals surface area contributed by atoms with Crippen LogP contribution in [-0.2, 0) is 0 Å². The van der Waals surface area contributed by atoms with Crippen molar-refractivity contribution >= 4 is 23.5 Å². The van der Waals surface area contributed by atoms with Crippen molar-refractivity contribution < 1.29 is 0 Å². The molecular formula is C42H54N4. The summed E-state index contributed by atoms with van der Waals surface area (Å²) in [5.74, 6) is 0. The minimum absolute atomic E-state index is 0.162. The fourth-order valence-electron chi connectivity index (χ4n) is 5.52. The summed E-state index contributed by atoms with van der Waals surface area (Å²) in [6.07, 6.45) is 16.3. The highest BCUT2D eigenvalue weighted by molar-refractivity contribution is 5.64. The topological polar surface area (TPSA) is 34.6 Å². The van der Waals surface area contributed by atoms with Crippen molar-refractivity contribution in [3.8, 4) is 6.07 Å². The molecule has 46 heavy (non-hydrogen) atoms. The third kappa shape index (κ3) is 11.3. The number of anilines is 2. The summed E-state index contributed by atoms with van der Waals surface area (Å²) in [5.41, 5.74) is 8.41. The Morgan fingerprint density at radius 2 is 1.13 bits per heavy atom. The maximum atomic E-state index is 9.76. The van der Waals surface area contributed by atoms with Gasteiger partial charge in [0, 0.05) is 37.6 Å². The van der Waals surface area contributed by atoms with E-state index in [9.17, 15) is 5.26 Å². The smallest absolute Gasteiger partial charge is 0.269 e. The SMILES string of the molecule is [C-]#[N+]C(C#N)=C1/C(=C/C=C/c2ccc(N(CC)CCC(C)(C)C)cc2)CC/C1=C\C=C\c1ccc(N(CC)CCC(C)(C)C)cc1. The highest BCUT2D eigenvalue weighted by Gasteiger charge is 2.22. The minimum Gasteiger partial charge on any atom is -0.372 e. The molecule has 1 aliphatic carbocycles. The van der Waals surface area contributed by atoms with E-state index < -0.39 is 0 Å². The summed E-state index contributed by atoms with van der Waals surface area (Å²) in [5, 5.41) is 9.76. The Labute approximate surface area is 279 Å². The Hall–Kier alpha value is -4.28. The van der Waals surface area contributed by atoms with Crippen molar-refractivity contribution in [2.24, 2.45) is 10.8 Å². The van der Waals surface area contributed by atoms with E-state index in [1.54, 1.807) is 0 Å². The molecule has 2 aromatic rings. The van der Waals surface area contributed by atoms with Gasteiger partial charge in [0.05, 0.1) is 12.6 Å². The molecule has 0 aromatic heterocycles. The van der Waals surface area contributed by atoms with Crippen LogP contribution in [0.3, 0.4) is 0 Å². The van der Waals surface area contributed by atoms with Crippen molar-refractivity contribution in [1.82, 2.24) is 0 Å². The molecule has 0 atom stereocenters. The molecule has 4 nitrogen and oxygen atoms in total. The van der Waals surface area contributed by atoms with Crippen LogP contribution in [0, 0.1) is 28.7 Å². The lowest BCUT2D eigenvalue weighted by Gasteiger charge is -2.27. The van der Waals surface area contributed by atoms with Gasteiger partial charge in [-0.15, -0.1) is 0 Å². The molecule has 0 bridgehead atoms. The van der Waals surface area contributed by atoms with E-state index in [4.69, 9.17) is 6.57 Å². The quantitative estimate of drug-likeness (QED) is 0.176. The van der Waals surface area contributed by atoms with Gasteiger partial charge in [-0.25, -0.2) is 10.1 Å². The molecular weight excluding hydrogens is 560 g/mol. The standard InChI is InChI=1S/C42H54N4/c1-10-45(30-28-41(3,4)5)37-24-18-33(19-25-37)14-12-16-35-22-23-36(40(35)39(32-43)44-9)17-13-15-34-20-26-38(27-21-34)46(11-2)31-29-42(6,7)8/h12-21,24-27H,10-11,22-23,28-31H2,1-8H3/b14-12+,15-13+,35-16+,36-17+. The Morgan fingerprint density at radius 3 is 1.43 bits per heavy atom. The highest BCUT2D eigenvalue weighted by Crippen LogP contribution is 2.38. The minimum atomic E-state index is 0.162. The number of allylic oxidation sites excluding steroid dienone is 8. The first-order chi connectivity index (χ1) is 21.9. The summed E-state index contributed by atoms with van der Waals surface area (Å²) < 4.78 is 0. The first-order valence-corrected chi connectivity index (χ1v) is 16.8. The second-order valence-corrected chi connectivity index (χ2v) is 14.5. The zero-order valence-electron chi connectivity index (χ0n) is 29.5. The van der Waals surface area contributed by atoms with Gasteiger partial charge in [-0.05, 0) is 102 Å². The number of benzene rings is 2. The van der Waals surface area contributed by atoms with Crippen LogP contribution < -0.4 is 9.80 Å². The van der Waals surface area contributed by atoms with Gasteiger partial charge in [0.25, 0.3) is 5.70 Å². The van der Waals surface area contributed by atoms with Gasteiger partial charge in [0.2, 0.25) is 0 Å². The average Bonchev–Trinajstić information content (AvgIpc) is 3.41. The van der Waals surface area contributed by atoms with Gasteiger partial charge >= 0.3 is 0 Å². The number of nitriles is 1. The molecule has 0 radical (unpaired) electrons. The number of nitrogens with zero attached hydrogens (tertiary/aromatic N) is 4. The molecule has 0 unspecified atom stereocenters. The number of hydrogen-bond donors (Lipinski definition) is 0. The van der Waals surface area contributed by atoms with E-state index in [1.165, 1.54) is 11.4 Å². The summed E-state index contributed by atoms with van der Waals surface area (Å²) in [6.45, 7) is 29.9. The van der Waals surface area contributed by atoms with E-state index in [0.717, 1.165) is 79.7 Å². The van der Waals surface area contributed by atoms with E-state index >= 15 is 0 Å². The molecule has 3 rings (SSSR count). The molecule has 1 saturated carbocycles. The van der Waals surface area contributed by atoms with Crippen molar-refractivity contribution in [2.75, 3.05) is 36.0 Å². The van der Waals surface area contributed by atoms with Gasteiger partial charge < -0.3 is 9.80 Å². The lowest BCUT2D eigenvalue weighted by Crippen LogP contribution is -2.27. The second kappa shape index (κ2) is 16.9. The molecule has 0 saturated heterocycles. The highest BCUT2D eigenvalue weighted by atomic mass is 15.1. The summed E-state index contributed by atoms with van der Waals surface area (Å²) in [4.78, 5) is 8.43.